The number of rotatable bonds is 3. The molecule has 144 valence electrons. The van der Waals surface area contributed by atoms with Crippen LogP contribution < -0.4 is 0 Å². The van der Waals surface area contributed by atoms with E-state index in [1.54, 1.807) is 6.07 Å². The van der Waals surface area contributed by atoms with E-state index >= 15 is 0 Å². The summed E-state index contributed by atoms with van der Waals surface area (Å²) in [6.07, 6.45) is 3.97. The molecule has 0 aliphatic heterocycles. The molecule has 0 N–H and O–H groups in total. The van der Waals surface area contributed by atoms with E-state index in [0.717, 1.165) is 29.4 Å². The maximum Gasteiger partial charge on any atom is 0.193 e. The fourth-order valence-electron chi connectivity index (χ4n) is 4.78. The van der Waals surface area contributed by atoms with Gasteiger partial charge in [0, 0.05) is 16.0 Å². The molecule has 0 saturated carbocycles. The predicted molar refractivity (Wildman–Crippen MR) is 116 cm³/mol. The highest BCUT2D eigenvalue weighted by Crippen LogP contribution is 2.46. The van der Waals surface area contributed by atoms with Crippen molar-refractivity contribution in [2.45, 2.75) is 40.5 Å². The van der Waals surface area contributed by atoms with Crippen molar-refractivity contribution in [1.82, 2.24) is 0 Å². The standard InChI is InChI=1S/C25H25ClO2/c1-24(2)13-17(14-25(3,4)15-24)22(27)21-19-12-18(26)10-11-20(19)28-23(21)16-8-6-5-7-9-16/h5-13H,14-15H2,1-4H3. The summed E-state index contributed by atoms with van der Waals surface area (Å²) >= 11 is 6.26. The SMILES string of the molecule is CC1(C)C=C(C(=O)c2c(-c3ccccc3)oc3ccc(Cl)cc23)CC(C)(C)C1. The van der Waals surface area contributed by atoms with Crippen LogP contribution in [0, 0.1) is 10.8 Å². The van der Waals surface area contributed by atoms with Gasteiger partial charge in [-0.05, 0) is 47.4 Å². The number of hydrogen-bond donors (Lipinski definition) is 0. The molecule has 0 atom stereocenters. The fourth-order valence-corrected chi connectivity index (χ4v) is 4.95. The number of halogens is 1. The molecule has 0 unspecified atom stereocenters. The predicted octanol–water partition coefficient (Wildman–Crippen LogP) is 7.71. The van der Waals surface area contributed by atoms with Crippen LogP contribution in [0.3, 0.4) is 0 Å². The first-order valence-corrected chi connectivity index (χ1v) is 10.1. The largest absolute Gasteiger partial charge is 0.455 e. The Morgan fingerprint density at radius 3 is 2.43 bits per heavy atom. The summed E-state index contributed by atoms with van der Waals surface area (Å²) in [6.45, 7) is 8.86. The van der Waals surface area contributed by atoms with Crippen molar-refractivity contribution in [3.63, 3.8) is 0 Å². The second kappa shape index (κ2) is 6.63. The molecule has 0 spiro atoms. The van der Waals surface area contributed by atoms with Crippen molar-refractivity contribution < 1.29 is 9.21 Å². The van der Waals surface area contributed by atoms with Crippen LogP contribution in [-0.2, 0) is 0 Å². The van der Waals surface area contributed by atoms with Crippen molar-refractivity contribution in [1.29, 1.82) is 0 Å². The van der Waals surface area contributed by atoms with E-state index in [4.69, 9.17) is 16.0 Å². The van der Waals surface area contributed by atoms with Gasteiger partial charge in [0.1, 0.15) is 11.3 Å². The topological polar surface area (TPSA) is 30.2 Å². The molecule has 0 bridgehead atoms. The summed E-state index contributed by atoms with van der Waals surface area (Å²) in [7, 11) is 0. The van der Waals surface area contributed by atoms with Crippen molar-refractivity contribution in [2.75, 3.05) is 0 Å². The minimum atomic E-state index is -0.0170. The molecule has 1 aliphatic carbocycles. The van der Waals surface area contributed by atoms with Gasteiger partial charge in [-0.2, -0.15) is 0 Å². The van der Waals surface area contributed by atoms with Gasteiger partial charge < -0.3 is 4.42 Å². The van der Waals surface area contributed by atoms with Crippen LogP contribution in [0.2, 0.25) is 5.02 Å². The molecule has 2 aromatic carbocycles. The lowest BCUT2D eigenvalue weighted by molar-refractivity contribution is 0.100. The number of benzene rings is 2. The second-order valence-electron chi connectivity index (χ2n) is 9.32. The number of fused-ring (bicyclic) bond motifs is 1. The van der Waals surface area contributed by atoms with E-state index in [1.165, 1.54) is 0 Å². The van der Waals surface area contributed by atoms with Crippen molar-refractivity contribution in [3.8, 4) is 11.3 Å². The van der Waals surface area contributed by atoms with Crippen LogP contribution in [0.1, 0.15) is 50.9 Å². The van der Waals surface area contributed by atoms with E-state index in [1.807, 2.05) is 42.5 Å². The molecule has 2 nitrogen and oxygen atoms in total. The van der Waals surface area contributed by atoms with Gasteiger partial charge in [-0.15, -0.1) is 0 Å². The fraction of sp³-hybridized carbons (Fsp3) is 0.320. The van der Waals surface area contributed by atoms with Crippen LogP contribution in [0.5, 0.6) is 0 Å². The molecule has 0 saturated heterocycles. The number of carbonyl (C=O) groups excluding carboxylic acids is 1. The third-order valence-corrected chi connectivity index (χ3v) is 5.61. The van der Waals surface area contributed by atoms with Gasteiger partial charge in [-0.3, -0.25) is 4.79 Å². The van der Waals surface area contributed by atoms with E-state index < -0.39 is 0 Å². The molecular formula is C25H25ClO2. The first-order valence-electron chi connectivity index (χ1n) is 9.69. The average molecular weight is 393 g/mol. The van der Waals surface area contributed by atoms with Gasteiger partial charge >= 0.3 is 0 Å². The zero-order valence-electron chi connectivity index (χ0n) is 16.8. The van der Waals surface area contributed by atoms with Gasteiger partial charge in [0.05, 0.1) is 5.56 Å². The first-order chi connectivity index (χ1) is 13.2. The molecule has 0 radical (unpaired) electrons. The van der Waals surface area contributed by atoms with Gasteiger partial charge in [-0.1, -0.05) is 75.7 Å². The molecular weight excluding hydrogens is 368 g/mol. The quantitative estimate of drug-likeness (QED) is 0.427. The monoisotopic (exact) mass is 392 g/mol. The zero-order chi connectivity index (χ0) is 20.1. The van der Waals surface area contributed by atoms with Gasteiger partial charge in [0.25, 0.3) is 0 Å². The number of furan rings is 1. The molecule has 0 amide bonds. The first kappa shape index (κ1) is 19.0. The van der Waals surface area contributed by atoms with E-state index in [-0.39, 0.29) is 16.6 Å². The molecule has 1 aromatic heterocycles. The smallest absolute Gasteiger partial charge is 0.193 e. The van der Waals surface area contributed by atoms with Crippen molar-refractivity contribution >= 4 is 28.4 Å². The Labute approximate surface area is 171 Å². The normalized spacial score (nSPS) is 18.1. The minimum Gasteiger partial charge on any atom is -0.455 e. The highest BCUT2D eigenvalue weighted by atomic mass is 35.5. The maximum absolute atomic E-state index is 13.8. The highest BCUT2D eigenvalue weighted by Gasteiger charge is 2.37. The Kier molecular flexibility index (Phi) is 4.50. The van der Waals surface area contributed by atoms with Crippen LogP contribution in [0.25, 0.3) is 22.3 Å². The van der Waals surface area contributed by atoms with Crippen LogP contribution >= 0.6 is 11.6 Å². The maximum atomic E-state index is 13.8. The third-order valence-electron chi connectivity index (χ3n) is 5.37. The van der Waals surface area contributed by atoms with Gasteiger partial charge in [0.15, 0.2) is 5.78 Å². The second-order valence-corrected chi connectivity index (χ2v) is 9.75. The molecule has 0 fully saturated rings. The minimum absolute atomic E-state index is 0.0170. The van der Waals surface area contributed by atoms with E-state index in [9.17, 15) is 4.79 Å². The van der Waals surface area contributed by atoms with Gasteiger partial charge in [0.2, 0.25) is 0 Å². The van der Waals surface area contributed by atoms with Crippen molar-refractivity contribution in [3.05, 3.63) is 70.8 Å². The van der Waals surface area contributed by atoms with Crippen LogP contribution in [0.15, 0.2) is 64.6 Å². The number of ketones is 1. The lowest BCUT2D eigenvalue weighted by atomic mass is 9.66. The Morgan fingerprint density at radius 1 is 1.04 bits per heavy atom. The van der Waals surface area contributed by atoms with E-state index in [2.05, 4.69) is 33.8 Å². The average Bonchev–Trinajstić information content (AvgIpc) is 2.97. The number of allylic oxidation sites excluding steroid dienone is 2. The Hall–Kier alpha value is -2.32. The highest BCUT2D eigenvalue weighted by molar-refractivity contribution is 6.32. The third kappa shape index (κ3) is 3.54. The Bertz CT molecular complexity index is 1080. The molecule has 3 heteroatoms. The Balaban J connectivity index is 1.93. The van der Waals surface area contributed by atoms with Crippen molar-refractivity contribution in [2.24, 2.45) is 10.8 Å². The summed E-state index contributed by atoms with van der Waals surface area (Å²) in [4.78, 5) is 13.8. The number of Topliss-reactive ketones (excluding diaryl/α,β-unsaturated/α-hetero) is 1. The molecule has 1 aliphatic rings. The molecule has 1 heterocycles. The lowest BCUT2D eigenvalue weighted by Crippen LogP contribution is -2.29. The summed E-state index contributed by atoms with van der Waals surface area (Å²) in [5, 5.41) is 1.37. The molecule has 3 aromatic rings. The summed E-state index contributed by atoms with van der Waals surface area (Å²) in [5.41, 5.74) is 3.11. The summed E-state index contributed by atoms with van der Waals surface area (Å²) < 4.78 is 6.15. The lowest BCUT2D eigenvalue weighted by Gasteiger charge is -2.39. The zero-order valence-corrected chi connectivity index (χ0v) is 17.6. The molecule has 4 rings (SSSR count). The number of hydrogen-bond acceptors (Lipinski definition) is 2. The van der Waals surface area contributed by atoms with Gasteiger partial charge in [-0.25, -0.2) is 0 Å². The summed E-state index contributed by atoms with van der Waals surface area (Å²) in [6, 6.07) is 15.3. The summed E-state index contributed by atoms with van der Waals surface area (Å²) in [5.74, 6) is 0.658. The molecule has 28 heavy (non-hydrogen) atoms. The number of carbonyl (C=O) groups is 1. The van der Waals surface area contributed by atoms with Crippen LogP contribution in [-0.4, -0.2) is 5.78 Å². The van der Waals surface area contributed by atoms with Crippen LogP contribution in [0.4, 0.5) is 0 Å². The Morgan fingerprint density at radius 2 is 1.75 bits per heavy atom. The van der Waals surface area contributed by atoms with E-state index in [0.29, 0.717) is 21.9 Å².